The molecular weight excluding hydrogens is 290 g/mol. The Balaban J connectivity index is 2.15. The highest BCUT2D eigenvalue weighted by Crippen LogP contribution is 2.11. The van der Waals surface area contributed by atoms with Crippen LogP contribution in [0.5, 0.6) is 0 Å². The van der Waals surface area contributed by atoms with Gasteiger partial charge in [-0.2, -0.15) is 0 Å². The van der Waals surface area contributed by atoms with Gasteiger partial charge in [0.15, 0.2) is 0 Å². The van der Waals surface area contributed by atoms with Crippen molar-refractivity contribution < 1.29 is 17.2 Å². The summed E-state index contributed by atoms with van der Waals surface area (Å²) in [5, 5.41) is 0. The van der Waals surface area contributed by atoms with Crippen LogP contribution in [0.2, 0.25) is 0 Å². The number of anilines is 1. The van der Waals surface area contributed by atoms with Gasteiger partial charge in [-0.25, -0.2) is 31.9 Å². The minimum atomic E-state index is -3.89. The Bertz CT molecular complexity index is 720. The molecule has 0 bridgehead atoms. The number of nitrogen functional groups attached to an aromatic ring is 1. The lowest BCUT2D eigenvalue weighted by atomic mass is 10.2. The maximum absolute atomic E-state index is 13.4. The van der Waals surface area contributed by atoms with Crippen LogP contribution in [0.25, 0.3) is 0 Å². The average molecular weight is 300 g/mol. The Labute approximate surface area is 113 Å². The zero-order valence-corrected chi connectivity index (χ0v) is 10.9. The number of nitrogens with one attached hydrogen (secondary N) is 1. The fourth-order valence-electron chi connectivity index (χ4n) is 1.39. The van der Waals surface area contributed by atoms with E-state index in [1.165, 1.54) is 0 Å². The fraction of sp³-hybridized carbons (Fsp3) is 0.0909. The van der Waals surface area contributed by atoms with Crippen LogP contribution in [-0.4, -0.2) is 18.4 Å². The van der Waals surface area contributed by atoms with Crippen molar-refractivity contribution in [1.82, 2.24) is 14.7 Å². The van der Waals surface area contributed by atoms with Crippen molar-refractivity contribution in [3.8, 4) is 0 Å². The quantitative estimate of drug-likeness (QED) is 0.871. The SMILES string of the molecule is Nc1ncc(S(=O)(=O)NCc2ccc(F)cc2F)cn1. The molecule has 0 unspecified atom stereocenters. The van der Waals surface area contributed by atoms with Gasteiger partial charge < -0.3 is 5.73 Å². The van der Waals surface area contributed by atoms with Gasteiger partial charge in [0.25, 0.3) is 0 Å². The number of hydrogen-bond donors (Lipinski definition) is 2. The lowest BCUT2D eigenvalue weighted by molar-refractivity contribution is 0.562. The van der Waals surface area contributed by atoms with Crippen LogP contribution < -0.4 is 10.5 Å². The van der Waals surface area contributed by atoms with Gasteiger partial charge in [-0.15, -0.1) is 0 Å². The number of benzene rings is 1. The van der Waals surface area contributed by atoms with E-state index in [0.717, 1.165) is 24.5 Å². The first kappa shape index (κ1) is 14.3. The molecule has 0 aliphatic rings. The largest absolute Gasteiger partial charge is 0.368 e. The molecule has 0 radical (unpaired) electrons. The van der Waals surface area contributed by atoms with Crippen molar-refractivity contribution in [1.29, 1.82) is 0 Å². The molecule has 1 heterocycles. The number of aromatic nitrogens is 2. The zero-order chi connectivity index (χ0) is 14.8. The molecule has 0 fully saturated rings. The first-order valence-corrected chi connectivity index (χ1v) is 6.88. The van der Waals surface area contributed by atoms with Crippen molar-refractivity contribution in [3.05, 3.63) is 47.8 Å². The Morgan fingerprint density at radius 2 is 1.85 bits per heavy atom. The summed E-state index contributed by atoms with van der Waals surface area (Å²) in [5.41, 5.74) is 5.27. The molecule has 20 heavy (non-hydrogen) atoms. The summed E-state index contributed by atoms with van der Waals surface area (Å²) in [4.78, 5) is 6.91. The molecule has 2 aromatic rings. The minimum absolute atomic E-state index is 0.0198. The predicted molar refractivity (Wildman–Crippen MR) is 66.8 cm³/mol. The molecule has 0 spiro atoms. The van der Waals surface area contributed by atoms with Gasteiger partial charge in [0.1, 0.15) is 16.5 Å². The van der Waals surface area contributed by atoms with Crippen molar-refractivity contribution in [3.63, 3.8) is 0 Å². The fourth-order valence-corrected chi connectivity index (χ4v) is 2.28. The van der Waals surface area contributed by atoms with E-state index < -0.39 is 21.7 Å². The van der Waals surface area contributed by atoms with Gasteiger partial charge in [0.2, 0.25) is 16.0 Å². The molecule has 3 N–H and O–H groups in total. The summed E-state index contributed by atoms with van der Waals surface area (Å²) >= 11 is 0. The van der Waals surface area contributed by atoms with Crippen molar-refractivity contribution in [2.75, 3.05) is 5.73 Å². The van der Waals surface area contributed by atoms with Crippen LogP contribution in [0.1, 0.15) is 5.56 Å². The lowest BCUT2D eigenvalue weighted by Gasteiger charge is -2.07. The molecule has 1 aromatic heterocycles. The first-order valence-electron chi connectivity index (χ1n) is 5.39. The van der Waals surface area contributed by atoms with Crippen molar-refractivity contribution in [2.45, 2.75) is 11.4 Å². The van der Waals surface area contributed by atoms with Gasteiger partial charge in [-0.1, -0.05) is 6.07 Å². The summed E-state index contributed by atoms with van der Waals surface area (Å²) in [5.74, 6) is -1.63. The molecule has 1 aromatic carbocycles. The number of rotatable bonds is 4. The standard InChI is InChI=1S/C11H10F2N4O2S/c12-8-2-1-7(10(13)3-8)4-17-20(18,19)9-5-15-11(14)16-6-9/h1-3,5-6,17H,4H2,(H2,14,15,16). The molecule has 0 aliphatic carbocycles. The number of nitrogens with zero attached hydrogens (tertiary/aromatic N) is 2. The number of nitrogens with two attached hydrogens (primary N) is 1. The van der Waals surface area contributed by atoms with E-state index >= 15 is 0 Å². The second kappa shape index (κ2) is 5.47. The molecule has 0 saturated heterocycles. The van der Waals surface area contributed by atoms with Crippen LogP contribution in [0.3, 0.4) is 0 Å². The highest BCUT2D eigenvalue weighted by molar-refractivity contribution is 7.89. The van der Waals surface area contributed by atoms with Crippen LogP contribution >= 0.6 is 0 Å². The molecule has 2 rings (SSSR count). The Morgan fingerprint density at radius 1 is 1.20 bits per heavy atom. The first-order chi connectivity index (χ1) is 9.38. The van der Waals surface area contributed by atoms with E-state index in [1.54, 1.807) is 0 Å². The van der Waals surface area contributed by atoms with E-state index in [4.69, 9.17) is 5.73 Å². The molecule has 0 aliphatic heterocycles. The van der Waals surface area contributed by atoms with Crippen LogP contribution in [0.15, 0.2) is 35.5 Å². The van der Waals surface area contributed by atoms with Crippen LogP contribution in [0.4, 0.5) is 14.7 Å². The topological polar surface area (TPSA) is 98.0 Å². The molecule has 0 saturated carbocycles. The van der Waals surface area contributed by atoms with Gasteiger partial charge >= 0.3 is 0 Å². The third-order valence-corrected chi connectivity index (χ3v) is 3.78. The monoisotopic (exact) mass is 300 g/mol. The Morgan fingerprint density at radius 3 is 2.45 bits per heavy atom. The Kier molecular flexibility index (Phi) is 3.91. The Hall–Kier alpha value is -2.13. The second-order valence-corrected chi connectivity index (χ2v) is 5.60. The van der Waals surface area contributed by atoms with Gasteiger partial charge in [-0.05, 0) is 6.07 Å². The number of sulfonamides is 1. The van der Waals surface area contributed by atoms with E-state index in [2.05, 4.69) is 14.7 Å². The third-order valence-electron chi connectivity index (χ3n) is 2.43. The molecular formula is C11H10F2N4O2S. The molecule has 9 heteroatoms. The maximum Gasteiger partial charge on any atom is 0.243 e. The zero-order valence-electron chi connectivity index (χ0n) is 10.0. The molecule has 0 amide bonds. The number of halogens is 2. The maximum atomic E-state index is 13.4. The summed E-state index contributed by atoms with van der Waals surface area (Å²) in [6.45, 7) is -0.321. The van der Waals surface area contributed by atoms with Crippen molar-refractivity contribution >= 4 is 16.0 Å². The highest BCUT2D eigenvalue weighted by atomic mass is 32.2. The average Bonchev–Trinajstić information content (AvgIpc) is 2.38. The van der Waals surface area contributed by atoms with E-state index in [9.17, 15) is 17.2 Å². The predicted octanol–water partition coefficient (Wildman–Crippen LogP) is 0.816. The van der Waals surface area contributed by atoms with E-state index in [-0.39, 0.29) is 23.0 Å². The molecule has 0 atom stereocenters. The summed E-state index contributed by atoms with van der Waals surface area (Å²) in [6, 6.07) is 2.88. The van der Waals surface area contributed by atoms with Gasteiger partial charge in [0, 0.05) is 18.2 Å². The van der Waals surface area contributed by atoms with Crippen LogP contribution in [-0.2, 0) is 16.6 Å². The number of hydrogen-bond acceptors (Lipinski definition) is 5. The summed E-state index contributed by atoms with van der Waals surface area (Å²) in [6.07, 6.45) is 2.07. The van der Waals surface area contributed by atoms with Crippen molar-refractivity contribution in [2.24, 2.45) is 0 Å². The minimum Gasteiger partial charge on any atom is -0.368 e. The molecule has 106 valence electrons. The highest BCUT2D eigenvalue weighted by Gasteiger charge is 2.15. The summed E-state index contributed by atoms with van der Waals surface area (Å²) < 4.78 is 52.0. The third kappa shape index (κ3) is 3.25. The van der Waals surface area contributed by atoms with E-state index in [0.29, 0.717) is 6.07 Å². The van der Waals surface area contributed by atoms with Gasteiger partial charge in [-0.3, -0.25) is 0 Å². The lowest BCUT2D eigenvalue weighted by Crippen LogP contribution is -2.24. The normalized spacial score (nSPS) is 11.5. The summed E-state index contributed by atoms with van der Waals surface area (Å²) in [7, 11) is -3.89. The smallest absolute Gasteiger partial charge is 0.243 e. The molecule has 6 nitrogen and oxygen atoms in total. The second-order valence-electron chi connectivity index (χ2n) is 3.84. The van der Waals surface area contributed by atoms with E-state index in [1.807, 2.05) is 0 Å². The van der Waals surface area contributed by atoms with Crippen LogP contribution in [0, 0.1) is 11.6 Å². The van der Waals surface area contributed by atoms with Gasteiger partial charge in [0.05, 0.1) is 12.4 Å².